The van der Waals surface area contributed by atoms with Crippen molar-refractivity contribution in [2.45, 2.75) is 26.7 Å². The van der Waals surface area contributed by atoms with Gasteiger partial charge in [0.2, 0.25) is 0 Å². The molecule has 0 radical (unpaired) electrons. The van der Waals surface area contributed by atoms with Gasteiger partial charge in [0.05, 0.1) is 9.79 Å². The largest absolute Gasteiger partial charge is 0.222 e. The van der Waals surface area contributed by atoms with Gasteiger partial charge in [0, 0.05) is 5.92 Å². The Morgan fingerprint density at radius 1 is 0.655 bits per heavy atom. The van der Waals surface area contributed by atoms with Gasteiger partial charge in [0.1, 0.15) is 0 Å². The van der Waals surface area contributed by atoms with E-state index in [1.807, 2.05) is 30.3 Å². The van der Waals surface area contributed by atoms with E-state index in [0.29, 0.717) is 0 Å². The van der Waals surface area contributed by atoms with E-state index >= 15 is 0 Å². The van der Waals surface area contributed by atoms with Crippen LogP contribution < -0.4 is 0 Å². The smallest absolute Gasteiger partial charge is 0.195 e. The fourth-order valence-electron chi connectivity index (χ4n) is 3.22. The van der Waals surface area contributed by atoms with E-state index in [9.17, 15) is 16.8 Å². The summed E-state index contributed by atoms with van der Waals surface area (Å²) < 4.78 is 52.1. The fourth-order valence-corrected chi connectivity index (χ4v) is 7.82. The van der Waals surface area contributed by atoms with Gasteiger partial charge in [-0.15, -0.1) is 6.58 Å². The molecule has 0 aliphatic heterocycles. The Balaban J connectivity index is 2.13. The molecule has 150 valence electrons. The maximum Gasteiger partial charge on any atom is 0.195 e. The van der Waals surface area contributed by atoms with Crippen molar-refractivity contribution >= 4 is 19.7 Å². The van der Waals surface area contributed by atoms with Crippen LogP contribution >= 0.6 is 0 Å². The lowest BCUT2D eigenvalue weighted by Crippen LogP contribution is -2.32. The Labute approximate surface area is 172 Å². The lowest BCUT2D eigenvalue weighted by atomic mass is 9.97. The minimum atomic E-state index is -4.16. The van der Waals surface area contributed by atoms with Crippen molar-refractivity contribution in [3.8, 4) is 0 Å². The molecule has 0 amide bonds. The first-order chi connectivity index (χ1) is 13.9. The zero-order valence-corrected chi connectivity index (χ0v) is 17.4. The molecule has 3 aromatic carbocycles. The van der Waals surface area contributed by atoms with Gasteiger partial charge in [-0.3, -0.25) is 0 Å². The summed E-state index contributed by atoms with van der Waals surface area (Å²) in [6.07, 6.45) is 1.48. The number of rotatable bonds is 8. The zero-order chi connectivity index (χ0) is 20.9. The topological polar surface area (TPSA) is 68.3 Å². The molecule has 0 aliphatic carbocycles. The van der Waals surface area contributed by atoms with E-state index in [1.165, 1.54) is 24.3 Å². The van der Waals surface area contributed by atoms with Crippen LogP contribution in [0.5, 0.6) is 0 Å². The number of hydrogen-bond acceptors (Lipinski definition) is 4. The maximum atomic E-state index is 13.4. The quantitative estimate of drug-likeness (QED) is 0.493. The second-order valence-corrected chi connectivity index (χ2v) is 11.2. The predicted octanol–water partition coefficient (Wildman–Crippen LogP) is 4.62. The van der Waals surface area contributed by atoms with Gasteiger partial charge in [-0.2, -0.15) is 0 Å². The third kappa shape index (κ3) is 4.49. The van der Waals surface area contributed by atoms with Crippen LogP contribution in [0.4, 0.5) is 0 Å². The second-order valence-electron chi connectivity index (χ2n) is 6.63. The SMILES string of the molecule is C=CC(CC(S(=O)(=O)c1ccccc1)S(=O)(=O)c1ccccc1)c1ccccc1. The van der Waals surface area contributed by atoms with Crippen LogP contribution in [0.25, 0.3) is 0 Å². The summed E-state index contributed by atoms with van der Waals surface area (Å²) in [6.45, 7) is 3.81. The summed E-state index contributed by atoms with van der Waals surface area (Å²) in [6, 6.07) is 24.6. The minimum absolute atomic E-state index is 0.0135. The minimum Gasteiger partial charge on any atom is -0.222 e. The van der Waals surface area contributed by atoms with Crippen molar-refractivity contribution in [2.75, 3.05) is 0 Å². The van der Waals surface area contributed by atoms with Crippen LogP contribution in [0.2, 0.25) is 0 Å². The Bertz CT molecular complexity index is 1090. The monoisotopic (exact) mass is 426 g/mol. The van der Waals surface area contributed by atoms with E-state index < -0.39 is 30.2 Å². The van der Waals surface area contributed by atoms with Crippen molar-refractivity contribution in [3.63, 3.8) is 0 Å². The van der Waals surface area contributed by atoms with Gasteiger partial charge in [-0.05, 0) is 36.2 Å². The summed E-state index contributed by atoms with van der Waals surface area (Å²) in [4.78, 5) is -0.0271. The average molecular weight is 427 g/mol. The van der Waals surface area contributed by atoms with Gasteiger partial charge in [-0.25, -0.2) is 16.8 Å². The number of sulfone groups is 2. The van der Waals surface area contributed by atoms with E-state index in [0.717, 1.165) is 5.56 Å². The third-order valence-corrected chi connectivity index (χ3v) is 9.94. The van der Waals surface area contributed by atoms with Crippen molar-refractivity contribution in [1.82, 2.24) is 0 Å². The van der Waals surface area contributed by atoms with Gasteiger partial charge in [0.25, 0.3) is 0 Å². The molecule has 0 aliphatic rings. The number of benzene rings is 3. The molecule has 0 heterocycles. The molecule has 3 rings (SSSR count). The van der Waals surface area contributed by atoms with Crippen LogP contribution in [0.1, 0.15) is 17.9 Å². The summed E-state index contributed by atoms with van der Waals surface area (Å²) in [5, 5.41) is 0. The highest BCUT2D eigenvalue weighted by molar-refractivity contribution is 8.09. The van der Waals surface area contributed by atoms with Gasteiger partial charge in [-0.1, -0.05) is 72.8 Å². The standard InChI is InChI=1S/C23H22O4S2/c1-2-19(20-12-6-3-7-13-20)18-23(28(24,25)21-14-8-4-9-15-21)29(26,27)22-16-10-5-11-17-22/h2-17,19,23H,1,18H2. The van der Waals surface area contributed by atoms with Crippen molar-refractivity contribution in [2.24, 2.45) is 0 Å². The van der Waals surface area contributed by atoms with E-state index in [4.69, 9.17) is 0 Å². The molecule has 0 bridgehead atoms. The molecule has 0 N–H and O–H groups in total. The van der Waals surface area contributed by atoms with Crippen molar-refractivity contribution in [1.29, 1.82) is 0 Å². The molecule has 6 heteroatoms. The highest BCUT2D eigenvalue weighted by atomic mass is 32.3. The zero-order valence-electron chi connectivity index (χ0n) is 15.8. The van der Waals surface area contributed by atoms with E-state index in [-0.39, 0.29) is 16.2 Å². The van der Waals surface area contributed by atoms with Crippen LogP contribution in [0, 0.1) is 0 Å². The van der Waals surface area contributed by atoms with Crippen LogP contribution in [-0.2, 0) is 19.7 Å². The first-order valence-corrected chi connectivity index (χ1v) is 12.2. The summed E-state index contributed by atoms with van der Waals surface area (Å²) in [5.41, 5.74) is 0.819. The van der Waals surface area contributed by atoms with Crippen LogP contribution in [0.3, 0.4) is 0 Å². The lowest BCUT2D eigenvalue weighted by Gasteiger charge is -2.22. The fraction of sp³-hybridized carbons (Fsp3) is 0.130. The molecule has 4 nitrogen and oxygen atoms in total. The number of hydrogen-bond donors (Lipinski definition) is 0. The van der Waals surface area contributed by atoms with Crippen LogP contribution in [0.15, 0.2) is 113 Å². The normalized spacial score (nSPS) is 13.1. The molecule has 1 atom stereocenters. The molecular formula is C23H22O4S2. The first-order valence-electron chi connectivity index (χ1n) is 9.13. The molecule has 0 aromatic heterocycles. The third-order valence-electron chi connectivity index (χ3n) is 4.79. The molecule has 29 heavy (non-hydrogen) atoms. The lowest BCUT2D eigenvalue weighted by molar-refractivity contribution is 0.564. The Morgan fingerprint density at radius 3 is 1.41 bits per heavy atom. The predicted molar refractivity (Wildman–Crippen MR) is 115 cm³/mol. The molecule has 1 unspecified atom stereocenters. The number of allylic oxidation sites excluding steroid dienone is 1. The highest BCUT2D eigenvalue weighted by Crippen LogP contribution is 2.33. The maximum absolute atomic E-state index is 13.4. The molecule has 0 saturated heterocycles. The molecular weight excluding hydrogens is 404 g/mol. The van der Waals surface area contributed by atoms with Gasteiger partial charge < -0.3 is 0 Å². The van der Waals surface area contributed by atoms with Crippen molar-refractivity contribution in [3.05, 3.63) is 109 Å². The Morgan fingerprint density at radius 2 is 1.03 bits per heavy atom. The summed E-state index contributed by atoms with van der Waals surface area (Å²) in [7, 11) is -8.31. The van der Waals surface area contributed by atoms with Crippen LogP contribution in [-0.4, -0.2) is 21.4 Å². The second kappa shape index (κ2) is 8.76. The molecule has 0 saturated carbocycles. The van der Waals surface area contributed by atoms with Gasteiger partial charge >= 0.3 is 0 Å². The molecule has 0 fully saturated rings. The average Bonchev–Trinajstić information content (AvgIpc) is 2.76. The Hall–Kier alpha value is -2.70. The van der Waals surface area contributed by atoms with E-state index in [1.54, 1.807) is 42.5 Å². The van der Waals surface area contributed by atoms with E-state index in [2.05, 4.69) is 6.58 Å². The Kier molecular flexibility index (Phi) is 6.35. The van der Waals surface area contributed by atoms with Crippen molar-refractivity contribution < 1.29 is 16.8 Å². The van der Waals surface area contributed by atoms with Gasteiger partial charge in [0.15, 0.2) is 24.3 Å². The summed E-state index contributed by atoms with van der Waals surface area (Å²) >= 11 is 0. The molecule has 3 aromatic rings. The molecule has 0 spiro atoms. The first kappa shape index (κ1) is 21.0. The summed E-state index contributed by atoms with van der Waals surface area (Å²) in [5.74, 6) is -0.432. The highest BCUT2D eigenvalue weighted by Gasteiger charge is 2.41.